The normalized spacial score (nSPS) is 10.1. The predicted molar refractivity (Wildman–Crippen MR) is 83.1 cm³/mol. The van der Waals surface area contributed by atoms with Crippen LogP contribution in [0.1, 0.15) is 15.9 Å². The van der Waals surface area contributed by atoms with Gasteiger partial charge in [-0.1, -0.05) is 39.7 Å². The van der Waals surface area contributed by atoms with E-state index in [1.54, 1.807) is 0 Å². The number of rotatable bonds is 5. The summed E-state index contributed by atoms with van der Waals surface area (Å²) in [6.07, 6.45) is 0. The van der Waals surface area contributed by atoms with Crippen LogP contribution in [0.3, 0.4) is 0 Å². The lowest BCUT2D eigenvalue weighted by Gasteiger charge is -2.08. The average molecular weight is 334 g/mol. The van der Waals surface area contributed by atoms with Crippen LogP contribution in [0.15, 0.2) is 53.0 Å². The van der Waals surface area contributed by atoms with E-state index in [0.29, 0.717) is 18.7 Å². The minimum atomic E-state index is -0.0807. The van der Waals surface area contributed by atoms with Crippen molar-refractivity contribution in [3.05, 3.63) is 64.1 Å². The highest BCUT2D eigenvalue weighted by molar-refractivity contribution is 9.10. The molecule has 104 valence electrons. The number of aryl methyl sites for hydroxylation is 1. The lowest BCUT2D eigenvalue weighted by Crippen LogP contribution is -2.28. The molecule has 0 fully saturated rings. The van der Waals surface area contributed by atoms with Gasteiger partial charge in [-0.3, -0.25) is 4.79 Å². The summed E-state index contributed by atoms with van der Waals surface area (Å²) >= 11 is 3.38. The molecule has 0 aliphatic carbocycles. The van der Waals surface area contributed by atoms with Crippen LogP contribution in [-0.4, -0.2) is 19.1 Å². The van der Waals surface area contributed by atoms with Gasteiger partial charge in [-0.25, -0.2) is 0 Å². The molecule has 0 aliphatic rings. The van der Waals surface area contributed by atoms with E-state index in [-0.39, 0.29) is 5.91 Å². The monoisotopic (exact) mass is 333 g/mol. The molecule has 0 spiro atoms. The number of halogens is 1. The summed E-state index contributed by atoms with van der Waals surface area (Å²) in [7, 11) is 0. The van der Waals surface area contributed by atoms with Crippen LogP contribution in [0.4, 0.5) is 0 Å². The maximum Gasteiger partial charge on any atom is 0.251 e. The smallest absolute Gasteiger partial charge is 0.251 e. The average Bonchev–Trinajstić information content (AvgIpc) is 2.44. The molecule has 20 heavy (non-hydrogen) atoms. The quantitative estimate of drug-likeness (QED) is 0.849. The Hall–Kier alpha value is -1.81. The van der Waals surface area contributed by atoms with E-state index in [0.717, 1.165) is 15.8 Å². The lowest BCUT2D eigenvalue weighted by atomic mass is 10.1. The molecule has 1 N–H and O–H groups in total. The molecule has 0 radical (unpaired) electrons. The van der Waals surface area contributed by atoms with Crippen molar-refractivity contribution in [2.45, 2.75) is 6.92 Å². The zero-order chi connectivity index (χ0) is 14.4. The molecule has 4 heteroatoms. The van der Waals surface area contributed by atoms with Crippen LogP contribution in [-0.2, 0) is 0 Å². The first-order valence-electron chi connectivity index (χ1n) is 6.38. The second kappa shape index (κ2) is 7.10. The summed E-state index contributed by atoms with van der Waals surface area (Å²) in [5.41, 5.74) is 1.80. The fourth-order valence-corrected chi connectivity index (χ4v) is 2.08. The topological polar surface area (TPSA) is 38.3 Å². The number of carbonyl (C=O) groups excluding carboxylic acids is 1. The van der Waals surface area contributed by atoms with Crippen molar-refractivity contribution in [3.8, 4) is 5.75 Å². The summed E-state index contributed by atoms with van der Waals surface area (Å²) < 4.78 is 6.52. The zero-order valence-corrected chi connectivity index (χ0v) is 12.8. The van der Waals surface area contributed by atoms with Gasteiger partial charge in [0.25, 0.3) is 5.91 Å². The van der Waals surface area contributed by atoms with E-state index >= 15 is 0 Å². The van der Waals surface area contributed by atoms with Crippen molar-refractivity contribution < 1.29 is 9.53 Å². The highest BCUT2D eigenvalue weighted by atomic mass is 79.9. The van der Waals surface area contributed by atoms with Gasteiger partial charge in [0.15, 0.2) is 0 Å². The van der Waals surface area contributed by atoms with Crippen LogP contribution < -0.4 is 10.1 Å². The van der Waals surface area contributed by atoms with E-state index in [9.17, 15) is 4.79 Å². The van der Waals surface area contributed by atoms with Crippen molar-refractivity contribution in [2.24, 2.45) is 0 Å². The summed E-state index contributed by atoms with van der Waals surface area (Å²) in [5, 5.41) is 2.83. The molecule has 2 aromatic carbocycles. The van der Waals surface area contributed by atoms with Crippen LogP contribution >= 0.6 is 15.9 Å². The molecule has 0 atom stereocenters. The highest BCUT2D eigenvalue weighted by Crippen LogP contribution is 2.17. The predicted octanol–water partition coefficient (Wildman–Crippen LogP) is 3.57. The molecule has 0 bridgehead atoms. The summed E-state index contributed by atoms with van der Waals surface area (Å²) in [4.78, 5) is 11.8. The third-order valence-corrected chi connectivity index (χ3v) is 3.26. The van der Waals surface area contributed by atoms with Crippen molar-refractivity contribution in [1.82, 2.24) is 5.32 Å². The van der Waals surface area contributed by atoms with Gasteiger partial charge in [0.2, 0.25) is 0 Å². The first-order valence-corrected chi connectivity index (χ1v) is 7.18. The van der Waals surface area contributed by atoms with Gasteiger partial charge in [0.05, 0.1) is 6.54 Å². The van der Waals surface area contributed by atoms with E-state index in [1.807, 2.05) is 55.5 Å². The van der Waals surface area contributed by atoms with Crippen molar-refractivity contribution in [3.63, 3.8) is 0 Å². The third kappa shape index (κ3) is 4.38. The third-order valence-electron chi connectivity index (χ3n) is 2.77. The number of amides is 1. The Morgan fingerprint density at radius 1 is 1.20 bits per heavy atom. The number of carbonyl (C=O) groups is 1. The van der Waals surface area contributed by atoms with E-state index in [2.05, 4.69) is 21.2 Å². The Morgan fingerprint density at radius 3 is 2.65 bits per heavy atom. The van der Waals surface area contributed by atoms with Crippen LogP contribution in [0.2, 0.25) is 0 Å². The minimum absolute atomic E-state index is 0.0807. The molecular weight excluding hydrogens is 318 g/mol. The van der Waals surface area contributed by atoms with Crippen LogP contribution in [0.25, 0.3) is 0 Å². The molecule has 0 saturated carbocycles. The summed E-state index contributed by atoms with van der Waals surface area (Å²) in [6.45, 7) is 2.90. The largest absolute Gasteiger partial charge is 0.492 e. The standard InChI is InChI=1S/C16H16BrNO2/c1-12-5-7-13(8-6-12)16(19)18-9-10-20-15-4-2-3-14(17)11-15/h2-8,11H,9-10H2,1H3,(H,18,19). The van der Waals surface area contributed by atoms with Crippen molar-refractivity contribution in [1.29, 1.82) is 0 Å². The molecule has 0 aromatic heterocycles. The van der Waals surface area contributed by atoms with Gasteiger partial charge in [0.1, 0.15) is 12.4 Å². The second-order valence-corrected chi connectivity index (χ2v) is 5.34. The maximum absolute atomic E-state index is 11.8. The molecule has 0 unspecified atom stereocenters. The van der Waals surface area contributed by atoms with Gasteiger partial charge < -0.3 is 10.1 Å². The van der Waals surface area contributed by atoms with E-state index < -0.39 is 0 Å². The molecular formula is C16H16BrNO2. The van der Waals surface area contributed by atoms with Gasteiger partial charge in [-0.15, -0.1) is 0 Å². The molecule has 2 rings (SSSR count). The Labute approximate surface area is 127 Å². The first-order chi connectivity index (χ1) is 9.65. The minimum Gasteiger partial charge on any atom is -0.492 e. The Morgan fingerprint density at radius 2 is 1.95 bits per heavy atom. The number of hydrogen-bond donors (Lipinski definition) is 1. The Bertz CT molecular complexity index is 581. The number of ether oxygens (including phenoxy) is 1. The number of hydrogen-bond acceptors (Lipinski definition) is 2. The lowest BCUT2D eigenvalue weighted by molar-refractivity contribution is 0.0947. The van der Waals surface area contributed by atoms with Crippen molar-refractivity contribution >= 4 is 21.8 Å². The zero-order valence-electron chi connectivity index (χ0n) is 11.2. The van der Waals surface area contributed by atoms with Crippen LogP contribution in [0, 0.1) is 6.92 Å². The molecule has 3 nitrogen and oxygen atoms in total. The van der Waals surface area contributed by atoms with Gasteiger partial charge in [0, 0.05) is 10.0 Å². The first kappa shape index (κ1) is 14.6. The summed E-state index contributed by atoms with van der Waals surface area (Å²) in [6, 6.07) is 15.1. The maximum atomic E-state index is 11.8. The van der Waals surface area contributed by atoms with E-state index in [1.165, 1.54) is 0 Å². The molecule has 2 aromatic rings. The highest BCUT2D eigenvalue weighted by Gasteiger charge is 2.03. The van der Waals surface area contributed by atoms with Crippen molar-refractivity contribution in [2.75, 3.05) is 13.2 Å². The summed E-state index contributed by atoms with van der Waals surface area (Å²) in [5.74, 6) is 0.701. The van der Waals surface area contributed by atoms with E-state index in [4.69, 9.17) is 4.74 Å². The molecule has 0 aliphatic heterocycles. The Balaban J connectivity index is 1.76. The Kier molecular flexibility index (Phi) is 5.18. The fraction of sp³-hybridized carbons (Fsp3) is 0.188. The SMILES string of the molecule is Cc1ccc(C(=O)NCCOc2cccc(Br)c2)cc1. The number of benzene rings is 2. The van der Waals surface area contributed by atoms with Crippen LogP contribution in [0.5, 0.6) is 5.75 Å². The molecule has 0 saturated heterocycles. The molecule has 1 amide bonds. The second-order valence-electron chi connectivity index (χ2n) is 4.43. The number of nitrogens with one attached hydrogen (secondary N) is 1. The van der Waals surface area contributed by atoms with Gasteiger partial charge >= 0.3 is 0 Å². The van der Waals surface area contributed by atoms with Gasteiger partial charge in [-0.05, 0) is 37.3 Å². The van der Waals surface area contributed by atoms with Gasteiger partial charge in [-0.2, -0.15) is 0 Å². The fourth-order valence-electron chi connectivity index (χ4n) is 1.70. The molecule has 0 heterocycles.